The van der Waals surface area contributed by atoms with E-state index in [0.29, 0.717) is 5.56 Å². The van der Waals surface area contributed by atoms with E-state index in [9.17, 15) is 9.18 Å². The average Bonchev–Trinajstić information content (AvgIpc) is 2.24. The number of nitrogens with one attached hydrogen (secondary N) is 2. The molecule has 0 aromatic heterocycles. The molecule has 1 aromatic rings. The SMILES string of the molecule is CNNC(=O)COCc1ccc(F)c(C)c1. The Bertz CT molecular complexity index is 369. The number of aryl methyl sites for hydroxylation is 1. The second-order valence-corrected chi connectivity index (χ2v) is 3.37. The van der Waals surface area contributed by atoms with Crippen LogP contribution in [0.4, 0.5) is 4.39 Å². The van der Waals surface area contributed by atoms with Crippen molar-refractivity contribution in [2.45, 2.75) is 13.5 Å². The highest BCUT2D eigenvalue weighted by Crippen LogP contribution is 2.09. The molecule has 0 aliphatic carbocycles. The van der Waals surface area contributed by atoms with E-state index in [2.05, 4.69) is 10.9 Å². The average molecular weight is 226 g/mol. The lowest BCUT2D eigenvalue weighted by Gasteiger charge is -2.06. The third-order valence-electron chi connectivity index (χ3n) is 1.99. The Hall–Kier alpha value is -1.46. The molecule has 0 aliphatic heterocycles. The van der Waals surface area contributed by atoms with Crippen LogP contribution in [0.2, 0.25) is 0 Å². The lowest BCUT2D eigenvalue weighted by Crippen LogP contribution is -2.36. The summed E-state index contributed by atoms with van der Waals surface area (Å²) in [6.07, 6.45) is 0. The van der Waals surface area contributed by atoms with Crippen LogP contribution >= 0.6 is 0 Å². The van der Waals surface area contributed by atoms with Crippen LogP contribution in [0.1, 0.15) is 11.1 Å². The molecule has 1 rings (SSSR count). The topological polar surface area (TPSA) is 50.4 Å². The van der Waals surface area contributed by atoms with E-state index in [-0.39, 0.29) is 24.9 Å². The van der Waals surface area contributed by atoms with E-state index >= 15 is 0 Å². The minimum atomic E-state index is -0.249. The standard InChI is InChI=1S/C11H15FN2O2/c1-8-5-9(3-4-10(8)12)6-16-7-11(15)14-13-2/h3-5,13H,6-7H2,1-2H3,(H,14,15). The first kappa shape index (κ1) is 12.6. The molecule has 4 nitrogen and oxygen atoms in total. The van der Waals surface area contributed by atoms with Gasteiger partial charge in [0.25, 0.3) is 5.91 Å². The Kier molecular flexibility index (Phi) is 4.88. The number of halogens is 1. The molecule has 16 heavy (non-hydrogen) atoms. The van der Waals surface area contributed by atoms with Gasteiger partial charge in [-0.15, -0.1) is 0 Å². The minimum Gasteiger partial charge on any atom is -0.367 e. The van der Waals surface area contributed by atoms with Crippen LogP contribution in [-0.4, -0.2) is 19.6 Å². The highest BCUT2D eigenvalue weighted by molar-refractivity contribution is 5.76. The molecule has 0 unspecified atom stereocenters. The van der Waals surface area contributed by atoms with Gasteiger partial charge in [0.05, 0.1) is 6.61 Å². The molecule has 0 atom stereocenters. The van der Waals surface area contributed by atoms with Crippen LogP contribution in [0, 0.1) is 12.7 Å². The Balaban J connectivity index is 2.37. The van der Waals surface area contributed by atoms with E-state index in [4.69, 9.17) is 4.74 Å². The van der Waals surface area contributed by atoms with Crippen LogP contribution in [0.5, 0.6) is 0 Å². The Morgan fingerprint density at radius 1 is 1.50 bits per heavy atom. The molecule has 0 saturated heterocycles. The minimum absolute atomic E-state index is 0.0305. The van der Waals surface area contributed by atoms with Gasteiger partial charge in [0.1, 0.15) is 12.4 Å². The summed E-state index contributed by atoms with van der Waals surface area (Å²) in [5.41, 5.74) is 6.30. The molecule has 0 radical (unpaired) electrons. The summed E-state index contributed by atoms with van der Waals surface area (Å²) in [5.74, 6) is -0.488. The molecular weight excluding hydrogens is 211 g/mol. The van der Waals surface area contributed by atoms with Crippen molar-refractivity contribution in [3.8, 4) is 0 Å². The van der Waals surface area contributed by atoms with Gasteiger partial charge in [-0.25, -0.2) is 9.82 Å². The number of benzene rings is 1. The number of carbonyl (C=O) groups is 1. The number of hydrogen-bond donors (Lipinski definition) is 2. The molecule has 88 valence electrons. The number of carbonyl (C=O) groups excluding carboxylic acids is 1. The summed E-state index contributed by atoms with van der Waals surface area (Å²) >= 11 is 0. The number of hydrogen-bond acceptors (Lipinski definition) is 3. The lowest BCUT2D eigenvalue weighted by molar-refractivity contribution is -0.126. The molecule has 0 fully saturated rings. The number of amides is 1. The first-order chi connectivity index (χ1) is 7.63. The monoisotopic (exact) mass is 226 g/mol. The quantitative estimate of drug-likeness (QED) is 0.733. The van der Waals surface area contributed by atoms with Gasteiger partial charge >= 0.3 is 0 Å². The van der Waals surface area contributed by atoms with Crippen molar-refractivity contribution in [3.05, 3.63) is 35.1 Å². The van der Waals surface area contributed by atoms with Crippen LogP contribution in [0.3, 0.4) is 0 Å². The normalized spacial score (nSPS) is 10.2. The third kappa shape index (κ3) is 3.96. The van der Waals surface area contributed by atoms with Gasteiger partial charge in [0.15, 0.2) is 0 Å². The molecule has 0 saturated carbocycles. The molecule has 5 heteroatoms. The highest BCUT2D eigenvalue weighted by Gasteiger charge is 2.02. The molecule has 0 heterocycles. The van der Waals surface area contributed by atoms with Crippen molar-refractivity contribution in [1.82, 2.24) is 10.9 Å². The first-order valence-electron chi connectivity index (χ1n) is 4.92. The molecule has 1 amide bonds. The largest absolute Gasteiger partial charge is 0.367 e. The lowest BCUT2D eigenvalue weighted by atomic mass is 10.1. The Morgan fingerprint density at radius 2 is 2.25 bits per heavy atom. The number of ether oxygens (including phenoxy) is 1. The van der Waals surface area contributed by atoms with Gasteiger partial charge in [-0.05, 0) is 24.1 Å². The predicted octanol–water partition coefficient (Wildman–Crippen LogP) is 0.901. The maximum absolute atomic E-state index is 12.9. The fraction of sp³-hybridized carbons (Fsp3) is 0.364. The van der Waals surface area contributed by atoms with E-state index in [1.807, 2.05) is 0 Å². The zero-order valence-electron chi connectivity index (χ0n) is 9.34. The van der Waals surface area contributed by atoms with Gasteiger partial charge in [-0.1, -0.05) is 12.1 Å². The summed E-state index contributed by atoms with van der Waals surface area (Å²) in [6, 6.07) is 4.73. The Morgan fingerprint density at radius 3 is 2.88 bits per heavy atom. The number of hydrazine groups is 1. The van der Waals surface area contributed by atoms with Crippen LogP contribution in [-0.2, 0) is 16.1 Å². The van der Waals surface area contributed by atoms with Gasteiger partial charge in [-0.3, -0.25) is 10.2 Å². The van der Waals surface area contributed by atoms with E-state index < -0.39 is 0 Å². The summed E-state index contributed by atoms with van der Waals surface area (Å²) in [6.45, 7) is 1.95. The molecule has 0 bridgehead atoms. The zero-order valence-corrected chi connectivity index (χ0v) is 9.34. The van der Waals surface area contributed by atoms with Crippen molar-refractivity contribution < 1.29 is 13.9 Å². The second kappa shape index (κ2) is 6.19. The van der Waals surface area contributed by atoms with E-state index in [0.717, 1.165) is 5.56 Å². The van der Waals surface area contributed by atoms with Crippen molar-refractivity contribution in [2.75, 3.05) is 13.7 Å². The second-order valence-electron chi connectivity index (χ2n) is 3.37. The molecular formula is C11H15FN2O2. The molecule has 2 N–H and O–H groups in total. The third-order valence-corrected chi connectivity index (χ3v) is 1.99. The van der Waals surface area contributed by atoms with Crippen molar-refractivity contribution in [3.63, 3.8) is 0 Å². The maximum Gasteiger partial charge on any atom is 0.260 e. The van der Waals surface area contributed by atoms with Crippen molar-refractivity contribution in [2.24, 2.45) is 0 Å². The van der Waals surface area contributed by atoms with Gasteiger partial charge in [-0.2, -0.15) is 0 Å². The van der Waals surface area contributed by atoms with Crippen molar-refractivity contribution >= 4 is 5.91 Å². The van der Waals surface area contributed by atoms with E-state index in [1.54, 1.807) is 26.1 Å². The van der Waals surface area contributed by atoms with Crippen LogP contribution in [0.15, 0.2) is 18.2 Å². The Labute approximate surface area is 93.8 Å². The van der Waals surface area contributed by atoms with Crippen molar-refractivity contribution in [1.29, 1.82) is 0 Å². The van der Waals surface area contributed by atoms with Gasteiger partial charge in [0, 0.05) is 7.05 Å². The first-order valence-corrected chi connectivity index (χ1v) is 4.92. The number of rotatable bonds is 5. The molecule has 1 aromatic carbocycles. The fourth-order valence-corrected chi connectivity index (χ4v) is 1.23. The smallest absolute Gasteiger partial charge is 0.260 e. The zero-order chi connectivity index (χ0) is 12.0. The molecule has 0 aliphatic rings. The summed E-state index contributed by atoms with van der Waals surface area (Å²) in [7, 11) is 1.60. The van der Waals surface area contributed by atoms with Gasteiger partial charge < -0.3 is 4.74 Å². The predicted molar refractivity (Wildman–Crippen MR) is 58.0 cm³/mol. The summed E-state index contributed by atoms with van der Waals surface area (Å²) in [4.78, 5) is 11.0. The molecule has 0 spiro atoms. The van der Waals surface area contributed by atoms with Gasteiger partial charge in [0.2, 0.25) is 0 Å². The summed E-state index contributed by atoms with van der Waals surface area (Å²) < 4.78 is 18.1. The maximum atomic E-state index is 12.9. The highest BCUT2D eigenvalue weighted by atomic mass is 19.1. The van der Waals surface area contributed by atoms with Crippen LogP contribution in [0.25, 0.3) is 0 Å². The summed E-state index contributed by atoms with van der Waals surface area (Å²) in [5, 5.41) is 0. The van der Waals surface area contributed by atoms with Crippen LogP contribution < -0.4 is 10.9 Å². The fourth-order valence-electron chi connectivity index (χ4n) is 1.23. The van der Waals surface area contributed by atoms with E-state index in [1.165, 1.54) is 6.07 Å².